The van der Waals surface area contributed by atoms with Gasteiger partial charge < -0.3 is 14.2 Å². The lowest BCUT2D eigenvalue weighted by atomic mass is 9.78. The molecule has 0 saturated carbocycles. The zero-order valence-corrected chi connectivity index (χ0v) is 12.4. The fraction of sp³-hybridized carbons (Fsp3) is 0.600. The number of rotatable bonds is 3. The van der Waals surface area contributed by atoms with Gasteiger partial charge in [0.05, 0.1) is 17.8 Å². The Balaban J connectivity index is 2.45. The fourth-order valence-corrected chi connectivity index (χ4v) is 2.70. The number of hydrogen-bond donors (Lipinski definition) is 0. The molecule has 1 saturated heterocycles. The lowest BCUT2D eigenvalue weighted by Gasteiger charge is -2.21. The van der Waals surface area contributed by atoms with Crippen molar-refractivity contribution in [3.05, 3.63) is 22.7 Å². The minimum Gasteiger partial charge on any atom is -0.465 e. The molecule has 2 heterocycles. The SMILES string of the molecule is CCOC(=O)C1=C(C)OC(CC)=C2C(=O)OCC2(C)C1. The monoisotopic (exact) mass is 280 g/mol. The summed E-state index contributed by atoms with van der Waals surface area (Å²) in [4.78, 5) is 24.0. The first-order chi connectivity index (χ1) is 9.42. The van der Waals surface area contributed by atoms with Gasteiger partial charge in [-0.2, -0.15) is 0 Å². The number of carbonyl (C=O) groups is 2. The lowest BCUT2D eigenvalue weighted by Crippen LogP contribution is -2.23. The summed E-state index contributed by atoms with van der Waals surface area (Å²) in [6.07, 6.45) is 0.968. The van der Waals surface area contributed by atoms with Gasteiger partial charge in [0.15, 0.2) is 0 Å². The van der Waals surface area contributed by atoms with E-state index in [-0.39, 0.29) is 18.5 Å². The summed E-state index contributed by atoms with van der Waals surface area (Å²) in [5, 5.41) is 0. The highest BCUT2D eigenvalue weighted by atomic mass is 16.5. The van der Waals surface area contributed by atoms with Crippen molar-refractivity contribution < 1.29 is 23.8 Å². The predicted octanol–water partition coefficient (Wildman–Crippen LogP) is 2.47. The van der Waals surface area contributed by atoms with Crippen molar-refractivity contribution in [3.8, 4) is 0 Å². The zero-order valence-electron chi connectivity index (χ0n) is 12.4. The van der Waals surface area contributed by atoms with Crippen LogP contribution in [0.15, 0.2) is 22.7 Å². The van der Waals surface area contributed by atoms with Gasteiger partial charge in [-0.3, -0.25) is 0 Å². The molecule has 1 unspecified atom stereocenters. The first-order valence-electron chi connectivity index (χ1n) is 6.88. The summed E-state index contributed by atoms with van der Waals surface area (Å²) in [7, 11) is 0. The Bertz CT molecular complexity index is 514. The average Bonchev–Trinajstić information content (AvgIpc) is 2.63. The molecule has 0 amide bonds. The van der Waals surface area contributed by atoms with Gasteiger partial charge in [0.1, 0.15) is 18.1 Å². The smallest absolute Gasteiger partial charge is 0.338 e. The van der Waals surface area contributed by atoms with Crippen molar-refractivity contribution in [3.63, 3.8) is 0 Å². The maximum Gasteiger partial charge on any atom is 0.338 e. The first kappa shape index (κ1) is 14.6. The Morgan fingerprint density at radius 1 is 1.40 bits per heavy atom. The Morgan fingerprint density at radius 2 is 2.10 bits per heavy atom. The van der Waals surface area contributed by atoms with Crippen LogP contribution in [0, 0.1) is 5.41 Å². The maximum atomic E-state index is 12.1. The number of cyclic esters (lactones) is 1. The largest absolute Gasteiger partial charge is 0.465 e. The topological polar surface area (TPSA) is 61.8 Å². The molecule has 0 spiro atoms. The van der Waals surface area contributed by atoms with E-state index in [1.807, 2.05) is 13.8 Å². The van der Waals surface area contributed by atoms with E-state index in [0.717, 1.165) is 0 Å². The van der Waals surface area contributed by atoms with Gasteiger partial charge >= 0.3 is 11.9 Å². The van der Waals surface area contributed by atoms with E-state index in [0.29, 0.717) is 42.1 Å². The second-order valence-electron chi connectivity index (χ2n) is 5.32. The van der Waals surface area contributed by atoms with Crippen LogP contribution in [0.2, 0.25) is 0 Å². The number of carbonyl (C=O) groups excluding carboxylic acids is 2. The average molecular weight is 280 g/mol. The molecule has 2 rings (SSSR count). The van der Waals surface area contributed by atoms with Gasteiger partial charge in [-0.1, -0.05) is 13.8 Å². The normalized spacial score (nSPS) is 25.9. The molecule has 20 heavy (non-hydrogen) atoms. The van der Waals surface area contributed by atoms with Crippen molar-refractivity contribution in [2.24, 2.45) is 5.41 Å². The number of fused-ring (bicyclic) bond motifs is 1. The predicted molar refractivity (Wildman–Crippen MR) is 71.4 cm³/mol. The minimum atomic E-state index is -0.526. The Labute approximate surface area is 118 Å². The van der Waals surface area contributed by atoms with Crippen LogP contribution in [0.25, 0.3) is 0 Å². The summed E-state index contributed by atoms with van der Waals surface area (Å²) in [5.74, 6) is 0.368. The van der Waals surface area contributed by atoms with Gasteiger partial charge in [0.2, 0.25) is 0 Å². The fourth-order valence-electron chi connectivity index (χ4n) is 2.70. The highest BCUT2D eigenvalue weighted by Gasteiger charge is 2.47. The van der Waals surface area contributed by atoms with Crippen LogP contribution in [-0.4, -0.2) is 25.2 Å². The number of esters is 2. The molecule has 0 aromatic heterocycles. The van der Waals surface area contributed by atoms with E-state index in [2.05, 4.69) is 0 Å². The molecule has 1 atom stereocenters. The third-order valence-electron chi connectivity index (χ3n) is 3.72. The molecular weight excluding hydrogens is 260 g/mol. The summed E-state index contributed by atoms with van der Waals surface area (Å²) in [6.45, 7) is 7.91. The van der Waals surface area contributed by atoms with Gasteiger partial charge in [-0.15, -0.1) is 0 Å². The Hall–Kier alpha value is -1.78. The van der Waals surface area contributed by atoms with Crippen LogP contribution in [0.5, 0.6) is 0 Å². The second-order valence-corrected chi connectivity index (χ2v) is 5.32. The molecule has 1 fully saturated rings. The highest BCUT2D eigenvalue weighted by Crippen LogP contribution is 2.45. The Kier molecular flexibility index (Phi) is 3.88. The van der Waals surface area contributed by atoms with Crippen molar-refractivity contribution in [1.82, 2.24) is 0 Å². The molecule has 2 aliphatic rings. The number of ether oxygens (including phenoxy) is 3. The van der Waals surface area contributed by atoms with Crippen LogP contribution in [-0.2, 0) is 23.8 Å². The summed E-state index contributed by atoms with van der Waals surface area (Å²) in [6, 6.07) is 0. The molecule has 5 nitrogen and oxygen atoms in total. The molecule has 0 aromatic carbocycles. The number of hydrogen-bond acceptors (Lipinski definition) is 5. The minimum absolute atomic E-state index is 0.268. The van der Waals surface area contributed by atoms with Crippen LogP contribution < -0.4 is 0 Å². The molecule has 0 aromatic rings. The van der Waals surface area contributed by atoms with E-state index < -0.39 is 5.41 Å². The summed E-state index contributed by atoms with van der Waals surface area (Å²) in [5.41, 5.74) is 0.509. The van der Waals surface area contributed by atoms with E-state index in [9.17, 15) is 9.59 Å². The molecular formula is C15H20O5. The maximum absolute atomic E-state index is 12.1. The van der Waals surface area contributed by atoms with Crippen molar-refractivity contribution in [2.45, 2.75) is 40.5 Å². The van der Waals surface area contributed by atoms with Gasteiger partial charge in [0, 0.05) is 11.8 Å². The molecule has 0 radical (unpaired) electrons. The summed E-state index contributed by atoms with van der Waals surface area (Å²) >= 11 is 0. The first-order valence-corrected chi connectivity index (χ1v) is 6.88. The third-order valence-corrected chi connectivity index (χ3v) is 3.72. The molecule has 110 valence electrons. The second kappa shape index (κ2) is 5.31. The van der Waals surface area contributed by atoms with E-state index in [1.54, 1.807) is 13.8 Å². The molecule has 2 aliphatic heterocycles. The van der Waals surface area contributed by atoms with Gasteiger partial charge in [0.25, 0.3) is 0 Å². The van der Waals surface area contributed by atoms with Crippen LogP contribution in [0.4, 0.5) is 0 Å². The highest BCUT2D eigenvalue weighted by molar-refractivity contribution is 5.95. The van der Waals surface area contributed by atoms with E-state index in [4.69, 9.17) is 14.2 Å². The molecule has 5 heteroatoms. The van der Waals surface area contributed by atoms with Gasteiger partial charge in [-0.05, 0) is 20.3 Å². The van der Waals surface area contributed by atoms with Crippen LogP contribution >= 0.6 is 0 Å². The standard InChI is InChI=1S/C15H20O5/c1-5-11-12-14(17)19-8-15(12,4)7-10(9(3)20-11)13(16)18-6-2/h5-8H2,1-4H3. The quantitative estimate of drug-likeness (QED) is 0.743. The molecule has 0 bridgehead atoms. The van der Waals surface area contributed by atoms with E-state index >= 15 is 0 Å². The Morgan fingerprint density at radius 3 is 2.70 bits per heavy atom. The van der Waals surface area contributed by atoms with Crippen LogP contribution in [0.3, 0.4) is 0 Å². The molecule has 0 N–H and O–H groups in total. The summed E-state index contributed by atoms with van der Waals surface area (Å²) < 4.78 is 16.0. The van der Waals surface area contributed by atoms with Gasteiger partial charge in [-0.25, -0.2) is 9.59 Å². The van der Waals surface area contributed by atoms with Crippen molar-refractivity contribution in [2.75, 3.05) is 13.2 Å². The van der Waals surface area contributed by atoms with Crippen molar-refractivity contribution >= 4 is 11.9 Å². The third kappa shape index (κ3) is 2.32. The van der Waals surface area contributed by atoms with Crippen LogP contribution in [0.1, 0.15) is 40.5 Å². The van der Waals surface area contributed by atoms with E-state index in [1.165, 1.54) is 0 Å². The lowest BCUT2D eigenvalue weighted by molar-refractivity contribution is -0.139. The zero-order chi connectivity index (χ0) is 14.9. The molecule has 0 aliphatic carbocycles. The number of allylic oxidation sites excluding steroid dienone is 2. The van der Waals surface area contributed by atoms with Crippen molar-refractivity contribution in [1.29, 1.82) is 0 Å².